The molecule has 2 rings (SSSR count). The third kappa shape index (κ3) is 4.30. The van der Waals surface area contributed by atoms with Crippen molar-refractivity contribution in [3.05, 3.63) is 47.5 Å². The minimum Gasteiger partial charge on any atom is -0.477 e. The van der Waals surface area contributed by atoms with E-state index in [1.165, 1.54) is 12.3 Å². The first kappa shape index (κ1) is 14.5. The molecule has 2 aromatic rings. The second kappa shape index (κ2) is 6.51. The second-order valence-electron chi connectivity index (χ2n) is 4.42. The summed E-state index contributed by atoms with van der Waals surface area (Å²) in [6, 6.07) is 2.69. The number of carbonyl (C=O) groups excluding carboxylic acids is 1. The fourth-order valence-electron chi connectivity index (χ4n) is 1.65. The van der Waals surface area contributed by atoms with E-state index in [1.807, 2.05) is 6.20 Å². The highest BCUT2D eigenvalue weighted by Gasteiger charge is 2.05. The fourth-order valence-corrected chi connectivity index (χ4v) is 1.65. The van der Waals surface area contributed by atoms with Crippen LogP contribution in [0.25, 0.3) is 0 Å². The van der Waals surface area contributed by atoms with Crippen LogP contribution < -0.4 is 10.6 Å². The number of nitrogens with one attached hydrogen (secondary N) is 2. The smallest absolute Gasteiger partial charge is 0.354 e. The molecule has 0 saturated carbocycles. The summed E-state index contributed by atoms with van der Waals surface area (Å²) in [5.41, 5.74) is 1.59. The van der Waals surface area contributed by atoms with Crippen LogP contribution in [0.15, 0.2) is 30.7 Å². The van der Waals surface area contributed by atoms with Gasteiger partial charge in [-0.25, -0.2) is 14.6 Å². The summed E-state index contributed by atoms with van der Waals surface area (Å²) in [4.78, 5) is 26.0. The van der Waals surface area contributed by atoms with Crippen molar-refractivity contribution in [1.29, 1.82) is 0 Å². The number of urea groups is 1. The largest absolute Gasteiger partial charge is 0.477 e. The van der Waals surface area contributed by atoms with E-state index >= 15 is 0 Å². The van der Waals surface area contributed by atoms with Crippen LogP contribution in [0.3, 0.4) is 0 Å². The van der Waals surface area contributed by atoms with Crippen molar-refractivity contribution >= 4 is 12.0 Å². The number of rotatable bonds is 5. The molecule has 2 heterocycles. The Hall–Kier alpha value is -2.90. The van der Waals surface area contributed by atoms with Gasteiger partial charge in [-0.3, -0.25) is 4.68 Å². The van der Waals surface area contributed by atoms with E-state index in [4.69, 9.17) is 5.11 Å². The summed E-state index contributed by atoms with van der Waals surface area (Å²) < 4.78 is 1.66. The maximum absolute atomic E-state index is 11.6. The predicted octanol–water partition coefficient (Wildman–Crippen LogP) is 0.513. The van der Waals surface area contributed by atoms with E-state index in [-0.39, 0.29) is 18.3 Å². The van der Waals surface area contributed by atoms with Gasteiger partial charge >= 0.3 is 12.0 Å². The van der Waals surface area contributed by atoms with Gasteiger partial charge in [0.05, 0.1) is 6.20 Å². The van der Waals surface area contributed by atoms with Gasteiger partial charge in [0.1, 0.15) is 5.69 Å². The first-order valence-corrected chi connectivity index (χ1v) is 6.22. The first-order valence-electron chi connectivity index (χ1n) is 6.22. The van der Waals surface area contributed by atoms with E-state index in [0.717, 1.165) is 11.1 Å². The second-order valence-corrected chi connectivity index (χ2v) is 4.42. The third-order valence-electron chi connectivity index (χ3n) is 2.71. The van der Waals surface area contributed by atoms with Crippen molar-refractivity contribution in [2.45, 2.75) is 13.1 Å². The zero-order chi connectivity index (χ0) is 15.2. The number of hydrogen-bond acceptors (Lipinski definition) is 4. The van der Waals surface area contributed by atoms with Gasteiger partial charge in [-0.2, -0.15) is 5.10 Å². The molecule has 0 aliphatic carbocycles. The highest BCUT2D eigenvalue weighted by molar-refractivity contribution is 5.85. The molecule has 0 saturated heterocycles. The van der Waals surface area contributed by atoms with E-state index < -0.39 is 5.97 Å². The molecule has 0 unspecified atom stereocenters. The van der Waals surface area contributed by atoms with Gasteiger partial charge in [0.15, 0.2) is 0 Å². The summed E-state index contributed by atoms with van der Waals surface area (Å²) in [5.74, 6) is -1.08. The van der Waals surface area contributed by atoms with Crippen molar-refractivity contribution in [2.24, 2.45) is 7.05 Å². The number of carboxylic acids is 1. The number of aryl methyl sites for hydroxylation is 1. The molecule has 0 bridgehead atoms. The number of aromatic nitrogens is 3. The summed E-state index contributed by atoms with van der Waals surface area (Å²) in [6.45, 7) is 0.654. The number of carbonyl (C=O) groups is 2. The Kier molecular flexibility index (Phi) is 4.50. The minimum absolute atomic E-state index is 0.0280. The standard InChI is InChI=1S/C13H15N5O3/c1-18-8-10(7-17-18)6-16-13(21)15-5-9-2-3-11(12(19)20)14-4-9/h2-4,7-8H,5-6H2,1H3,(H,19,20)(H2,15,16,21). The van der Waals surface area contributed by atoms with E-state index in [9.17, 15) is 9.59 Å². The predicted molar refractivity (Wildman–Crippen MR) is 73.5 cm³/mol. The highest BCUT2D eigenvalue weighted by Crippen LogP contribution is 2.00. The Bertz CT molecular complexity index is 636. The molecule has 0 radical (unpaired) electrons. The number of amides is 2. The molecule has 0 atom stereocenters. The maximum Gasteiger partial charge on any atom is 0.354 e. The Labute approximate surface area is 120 Å². The van der Waals surface area contributed by atoms with Crippen LogP contribution >= 0.6 is 0 Å². The quantitative estimate of drug-likeness (QED) is 0.743. The average Bonchev–Trinajstić information content (AvgIpc) is 2.89. The van der Waals surface area contributed by atoms with E-state index in [1.54, 1.807) is 24.0 Å². The SMILES string of the molecule is Cn1cc(CNC(=O)NCc2ccc(C(=O)O)nc2)cn1. The van der Waals surface area contributed by atoms with Gasteiger partial charge in [0.2, 0.25) is 0 Å². The van der Waals surface area contributed by atoms with Crippen LogP contribution in [0.1, 0.15) is 21.6 Å². The normalized spacial score (nSPS) is 10.1. The van der Waals surface area contributed by atoms with Crippen LogP contribution in [0.5, 0.6) is 0 Å². The summed E-state index contributed by atoms with van der Waals surface area (Å²) in [5, 5.41) is 18.1. The van der Waals surface area contributed by atoms with Crippen LogP contribution in [0.2, 0.25) is 0 Å². The maximum atomic E-state index is 11.6. The third-order valence-corrected chi connectivity index (χ3v) is 2.71. The molecule has 0 aromatic carbocycles. The van der Waals surface area contributed by atoms with Crippen LogP contribution in [-0.4, -0.2) is 31.9 Å². The van der Waals surface area contributed by atoms with Gasteiger partial charge in [0, 0.05) is 38.1 Å². The Balaban J connectivity index is 1.77. The number of aromatic carboxylic acids is 1. The Morgan fingerprint density at radius 1 is 1.19 bits per heavy atom. The Morgan fingerprint density at radius 3 is 2.43 bits per heavy atom. The van der Waals surface area contributed by atoms with Gasteiger partial charge in [-0.05, 0) is 11.6 Å². The van der Waals surface area contributed by atoms with Gasteiger partial charge in [0.25, 0.3) is 0 Å². The summed E-state index contributed by atoms with van der Waals surface area (Å²) in [6.07, 6.45) is 4.91. The minimum atomic E-state index is -1.08. The van der Waals surface area contributed by atoms with Crippen molar-refractivity contribution in [3.63, 3.8) is 0 Å². The monoisotopic (exact) mass is 289 g/mol. The molecule has 0 fully saturated rings. The van der Waals surface area contributed by atoms with Crippen molar-refractivity contribution < 1.29 is 14.7 Å². The number of hydrogen-bond donors (Lipinski definition) is 3. The molecule has 0 aliphatic heterocycles. The molecule has 3 N–H and O–H groups in total. The highest BCUT2D eigenvalue weighted by atomic mass is 16.4. The Morgan fingerprint density at radius 2 is 1.90 bits per heavy atom. The van der Waals surface area contributed by atoms with Crippen molar-refractivity contribution in [2.75, 3.05) is 0 Å². The van der Waals surface area contributed by atoms with Crippen molar-refractivity contribution in [1.82, 2.24) is 25.4 Å². The zero-order valence-corrected chi connectivity index (χ0v) is 11.4. The first-order chi connectivity index (χ1) is 10.0. The van der Waals surface area contributed by atoms with Crippen LogP contribution in [0, 0.1) is 0 Å². The number of pyridine rings is 1. The average molecular weight is 289 g/mol. The molecule has 8 nitrogen and oxygen atoms in total. The molecule has 8 heteroatoms. The molecule has 0 aliphatic rings. The van der Waals surface area contributed by atoms with Gasteiger partial charge < -0.3 is 15.7 Å². The molecule has 2 aromatic heterocycles. The molecular formula is C13H15N5O3. The molecule has 0 spiro atoms. The number of carboxylic acid groups (broad SMARTS) is 1. The van der Waals surface area contributed by atoms with Gasteiger partial charge in [-0.15, -0.1) is 0 Å². The lowest BCUT2D eigenvalue weighted by Gasteiger charge is -2.06. The number of nitrogens with zero attached hydrogens (tertiary/aromatic N) is 3. The molecule has 2 amide bonds. The summed E-state index contributed by atoms with van der Waals surface area (Å²) in [7, 11) is 1.80. The fraction of sp³-hybridized carbons (Fsp3) is 0.231. The zero-order valence-electron chi connectivity index (χ0n) is 11.4. The molecule has 110 valence electrons. The summed E-state index contributed by atoms with van der Waals surface area (Å²) >= 11 is 0. The lowest BCUT2D eigenvalue weighted by molar-refractivity contribution is 0.0690. The van der Waals surface area contributed by atoms with E-state index in [0.29, 0.717) is 6.54 Å². The van der Waals surface area contributed by atoms with Gasteiger partial charge in [-0.1, -0.05) is 6.07 Å². The van der Waals surface area contributed by atoms with Crippen LogP contribution in [-0.2, 0) is 20.1 Å². The topological polar surface area (TPSA) is 109 Å². The lowest BCUT2D eigenvalue weighted by Crippen LogP contribution is -2.34. The van der Waals surface area contributed by atoms with Crippen molar-refractivity contribution in [3.8, 4) is 0 Å². The lowest BCUT2D eigenvalue weighted by atomic mass is 10.2. The van der Waals surface area contributed by atoms with Crippen LogP contribution in [0.4, 0.5) is 4.79 Å². The van der Waals surface area contributed by atoms with E-state index in [2.05, 4.69) is 20.7 Å². The molecule has 21 heavy (non-hydrogen) atoms. The molecular weight excluding hydrogens is 274 g/mol.